The van der Waals surface area contributed by atoms with E-state index in [2.05, 4.69) is 23.7 Å². The summed E-state index contributed by atoms with van der Waals surface area (Å²) in [5.74, 6) is 11.7. The van der Waals surface area contributed by atoms with Crippen LogP contribution in [0.5, 0.6) is 0 Å². The highest BCUT2D eigenvalue weighted by molar-refractivity contribution is 5.95. The van der Waals surface area contributed by atoms with E-state index in [1.54, 1.807) is 0 Å². The molecule has 0 atom stereocenters. The quantitative estimate of drug-likeness (QED) is 0.391. The smallest absolute Gasteiger partial charge is 0.205 e. The standard InChI is InChI=1S/C11H12O/c12-11-9-7-5-3-1-2-4-6-8-10-11/h1,3,5-6,8,10H2. The fourth-order valence-corrected chi connectivity index (χ4v) is 1.00. The number of Topliss-reactive ketones (excluding diaryl/α,β-unsaturated/α-hetero) is 1. The maximum absolute atomic E-state index is 11.0. The lowest BCUT2D eigenvalue weighted by Gasteiger charge is -1.87. The molecule has 0 radical (unpaired) electrons. The molecular weight excluding hydrogens is 148 g/mol. The average Bonchev–Trinajstić information content (AvgIpc) is 2.11. The topological polar surface area (TPSA) is 17.1 Å². The Morgan fingerprint density at radius 2 is 1.58 bits per heavy atom. The Morgan fingerprint density at radius 1 is 0.917 bits per heavy atom. The molecule has 0 spiro atoms. The fraction of sp³-hybridized carbons (Fsp3) is 0.545. The van der Waals surface area contributed by atoms with E-state index < -0.39 is 0 Å². The van der Waals surface area contributed by atoms with Crippen LogP contribution >= 0.6 is 0 Å². The highest BCUT2D eigenvalue weighted by Gasteiger charge is 1.95. The van der Waals surface area contributed by atoms with Gasteiger partial charge >= 0.3 is 0 Å². The van der Waals surface area contributed by atoms with Crippen molar-refractivity contribution in [2.45, 2.75) is 38.5 Å². The van der Waals surface area contributed by atoms with Crippen LogP contribution in [0.1, 0.15) is 38.5 Å². The van der Waals surface area contributed by atoms with Crippen molar-refractivity contribution in [3.63, 3.8) is 0 Å². The van der Waals surface area contributed by atoms with E-state index >= 15 is 0 Å². The van der Waals surface area contributed by atoms with Crippen LogP contribution in [0.25, 0.3) is 0 Å². The Bertz CT molecular complexity index is 267. The van der Waals surface area contributed by atoms with Crippen molar-refractivity contribution in [3.05, 3.63) is 0 Å². The first-order valence-electron chi connectivity index (χ1n) is 4.37. The first-order chi connectivity index (χ1) is 5.89. The molecule has 12 heavy (non-hydrogen) atoms. The Labute approximate surface area is 73.5 Å². The largest absolute Gasteiger partial charge is 0.285 e. The van der Waals surface area contributed by atoms with E-state index in [4.69, 9.17) is 0 Å². The van der Waals surface area contributed by atoms with Gasteiger partial charge in [0.15, 0.2) is 0 Å². The van der Waals surface area contributed by atoms with Gasteiger partial charge in [0.05, 0.1) is 0 Å². The molecule has 0 N–H and O–H groups in total. The molecule has 1 nitrogen and oxygen atoms in total. The van der Waals surface area contributed by atoms with Crippen LogP contribution in [0.3, 0.4) is 0 Å². The lowest BCUT2D eigenvalue weighted by Crippen LogP contribution is -1.91. The van der Waals surface area contributed by atoms with Gasteiger partial charge in [-0.05, 0) is 18.8 Å². The summed E-state index contributed by atoms with van der Waals surface area (Å²) in [5.41, 5.74) is 0. The zero-order chi connectivity index (χ0) is 8.65. The van der Waals surface area contributed by atoms with Gasteiger partial charge in [-0.25, -0.2) is 0 Å². The van der Waals surface area contributed by atoms with Crippen LogP contribution in [0, 0.1) is 23.7 Å². The molecule has 1 aliphatic rings. The lowest BCUT2D eigenvalue weighted by molar-refractivity contribution is -0.113. The summed E-state index contributed by atoms with van der Waals surface area (Å²) >= 11 is 0. The molecule has 0 unspecified atom stereocenters. The Morgan fingerprint density at radius 3 is 2.42 bits per heavy atom. The monoisotopic (exact) mass is 160 g/mol. The van der Waals surface area contributed by atoms with Gasteiger partial charge in [-0.2, -0.15) is 0 Å². The Hall–Kier alpha value is -1.21. The van der Waals surface area contributed by atoms with Gasteiger partial charge in [0, 0.05) is 25.7 Å². The third-order valence-corrected chi connectivity index (χ3v) is 1.66. The van der Waals surface area contributed by atoms with Crippen molar-refractivity contribution in [1.29, 1.82) is 0 Å². The summed E-state index contributed by atoms with van der Waals surface area (Å²) in [6, 6.07) is 0. The molecule has 0 bridgehead atoms. The highest BCUT2D eigenvalue weighted by atomic mass is 16.1. The zero-order valence-corrected chi connectivity index (χ0v) is 7.15. The van der Waals surface area contributed by atoms with Gasteiger partial charge in [0.25, 0.3) is 0 Å². The van der Waals surface area contributed by atoms with Crippen molar-refractivity contribution < 1.29 is 4.79 Å². The van der Waals surface area contributed by atoms with Crippen molar-refractivity contribution in [2.24, 2.45) is 0 Å². The fourth-order valence-electron chi connectivity index (χ4n) is 1.00. The molecule has 0 aromatic rings. The molecule has 0 heterocycles. The third-order valence-electron chi connectivity index (χ3n) is 1.66. The van der Waals surface area contributed by atoms with Crippen LogP contribution in [-0.4, -0.2) is 5.78 Å². The molecule has 0 saturated carbocycles. The average molecular weight is 160 g/mol. The molecular formula is C11H12O. The van der Waals surface area contributed by atoms with Gasteiger partial charge in [0.2, 0.25) is 5.78 Å². The Balaban J connectivity index is 2.47. The van der Waals surface area contributed by atoms with Crippen molar-refractivity contribution in [2.75, 3.05) is 0 Å². The van der Waals surface area contributed by atoms with Crippen LogP contribution in [0.4, 0.5) is 0 Å². The molecule has 1 aliphatic carbocycles. The minimum Gasteiger partial charge on any atom is -0.285 e. The second-order valence-corrected chi connectivity index (χ2v) is 2.79. The van der Waals surface area contributed by atoms with Gasteiger partial charge in [-0.1, -0.05) is 5.92 Å². The van der Waals surface area contributed by atoms with E-state index in [1.165, 1.54) is 0 Å². The number of carbonyl (C=O) groups excluding carboxylic acids is 1. The van der Waals surface area contributed by atoms with E-state index in [-0.39, 0.29) is 5.78 Å². The number of hydrogen-bond acceptors (Lipinski definition) is 1. The third kappa shape index (κ3) is 3.84. The molecule has 0 aromatic carbocycles. The molecule has 0 aliphatic heterocycles. The van der Waals surface area contributed by atoms with Crippen molar-refractivity contribution >= 4 is 5.78 Å². The van der Waals surface area contributed by atoms with Gasteiger partial charge in [-0.15, -0.1) is 11.8 Å². The summed E-state index contributed by atoms with van der Waals surface area (Å²) in [5, 5.41) is 0. The molecule has 0 amide bonds. The van der Waals surface area contributed by atoms with Gasteiger partial charge in [-0.3, -0.25) is 4.79 Å². The maximum atomic E-state index is 11.0. The number of carbonyl (C=O) groups is 1. The van der Waals surface area contributed by atoms with Crippen molar-refractivity contribution in [3.8, 4) is 23.7 Å². The first-order valence-corrected chi connectivity index (χ1v) is 4.37. The number of hydrogen-bond donors (Lipinski definition) is 0. The molecule has 0 saturated heterocycles. The van der Waals surface area contributed by atoms with Gasteiger partial charge < -0.3 is 0 Å². The molecule has 0 aromatic heterocycles. The molecule has 1 rings (SSSR count). The van der Waals surface area contributed by atoms with Crippen molar-refractivity contribution in [1.82, 2.24) is 0 Å². The summed E-state index contributed by atoms with van der Waals surface area (Å²) < 4.78 is 0. The van der Waals surface area contributed by atoms with Crippen LogP contribution in [-0.2, 0) is 4.79 Å². The maximum Gasteiger partial charge on any atom is 0.205 e. The Kier molecular flexibility index (Phi) is 4.03. The van der Waals surface area contributed by atoms with Crippen LogP contribution in [0.15, 0.2) is 0 Å². The normalized spacial score (nSPS) is 17.8. The number of ketones is 1. The number of rotatable bonds is 0. The molecule has 62 valence electrons. The summed E-state index contributed by atoms with van der Waals surface area (Å²) in [6.45, 7) is 0. The SMILES string of the molecule is O=C1C#CCCCC#CCCC1. The van der Waals surface area contributed by atoms with E-state index in [0.717, 1.165) is 32.1 Å². The van der Waals surface area contributed by atoms with Gasteiger partial charge in [0.1, 0.15) is 0 Å². The minimum atomic E-state index is 0.0682. The van der Waals surface area contributed by atoms with E-state index in [9.17, 15) is 4.79 Å². The summed E-state index contributed by atoms with van der Waals surface area (Å²) in [7, 11) is 0. The van der Waals surface area contributed by atoms with E-state index in [0.29, 0.717) is 6.42 Å². The van der Waals surface area contributed by atoms with Crippen LogP contribution in [0.2, 0.25) is 0 Å². The zero-order valence-electron chi connectivity index (χ0n) is 7.15. The molecule has 1 heteroatoms. The van der Waals surface area contributed by atoms with E-state index in [1.807, 2.05) is 0 Å². The van der Waals surface area contributed by atoms with Crippen LogP contribution < -0.4 is 0 Å². The predicted molar refractivity (Wildman–Crippen MR) is 48.3 cm³/mol. The predicted octanol–water partition coefficient (Wildman–Crippen LogP) is 1.92. The summed E-state index contributed by atoms with van der Waals surface area (Å²) in [6.07, 6.45) is 4.99. The second kappa shape index (κ2) is 5.44. The first kappa shape index (κ1) is 8.88. The highest BCUT2D eigenvalue weighted by Crippen LogP contribution is 1.98. The second-order valence-electron chi connectivity index (χ2n) is 2.79. The lowest BCUT2D eigenvalue weighted by atomic mass is 10.2. The minimum absolute atomic E-state index is 0.0682. The molecule has 0 fully saturated rings. The summed E-state index contributed by atoms with van der Waals surface area (Å²) in [4.78, 5) is 11.0.